The van der Waals surface area contributed by atoms with E-state index in [1.807, 2.05) is 0 Å². The van der Waals surface area contributed by atoms with Crippen molar-refractivity contribution in [3.63, 3.8) is 0 Å². The smallest absolute Gasteiger partial charge is 0.0755 e. The molecule has 2 heteroatoms. The monoisotopic (exact) mass is 878 g/mol. The van der Waals surface area contributed by atoms with Crippen LogP contribution in [-0.2, 0) is 5.41 Å². The summed E-state index contributed by atoms with van der Waals surface area (Å²) in [6.45, 7) is 0. The summed E-state index contributed by atoms with van der Waals surface area (Å²) in [5.74, 6) is 0. The molecule has 69 heavy (non-hydrogen) atoms. The van der Waals surface area contributed by atoms with Gasteiger partial charge in [-0.05, 0) is 127 Å². The van der Waals surface area contributed by atoms with E-state index in [9.17, 15) is 0 Å². The lowest BCUT2D eigenvalue weighted by atomic mass is 9.64. The van der Waals surface area contributed by atoms with Crippen LogP contribution in [0.3, 0.4) is 0 Å². The van der Waals surface area contributed by atoms with Gasteiger partial charge < -0.3 is 9.80 Å². The van der Waals surface area contributed by atoms with Crippen LogP contribution in [0.25, 0.3) is 55.6 Å². The minimum Gasteiger partial charge on any atom is -0.310 e. The van der Waals surface area contributed by atoms with Crippen LogP contribution in [0.2, 0.25) is 0 Å². The van der Waals surface area contributed by atoms with Crippen LogP contribution in [0.1, 0.15) is 22.3 Å². The molecule has 0 unspecified atom stereocenters. The number of para-hydroxylation sites is 3. The largest absolute Gasteiger partial charge is 0.310 e. The summed E-state index contributed by atoms with van der Waals surface area (Å²) >= 11 is 0. The zero-order chi connectivity index (χ0) is 45.7. The van der Waals surface area contributed by atoms with Gasteiger partial charge in [0.05, 0.1) is 22.5 Å². The van der Waals surface area contributed by atoms with Crippen LogP contribution in [0.4, 0.5) is 34.1 Å². The van der Waals surface area contributed by atoms with E-state index in [1.54, 1.807) is 0 Å². The number of hydrogen-bond acceptors (Lipinski definition) is 2. The molecule has 0 amide bonds. The van der Waals surface area contributed by atoms with Gasteiger partial charge in [-0.25, -0.2) is 0 Å². The van der Waals surface area contributed by atoms with E-state index in [-0.39, 0.29) is 0 Å². The maximum absolute atomic E-state index is 2.47. The molecule has 0 aromatic heterocycles. The zero-order valence-electron chi connectivity index (χ0n) is 38.0. The molecule has 11 aromatic carbocycles. The van der Waals surface area contributed by atoms with Crippen LogP contribution in [0.15, 0.2) is 279 Å². The molecule has 0 saturated carbocycles. The van der Waals surface area contributed by atoms with Crippen LogP contribution in [0.5, 0.6) is 0 Å². The minimum atomic E-state index is -0.572. The van der Waals surface area contributed by atoms with E-state index in [4.69, 9.17) is 0 Å². The highest BCUT2D eigenvalue weighted by atomic mass is 15.2. The van der Waals surface area contributed by atoms with E-state index in [0.717, 1.165) is 22.7 Å². The van der Waals surface area contributed by atoms with Crippen molar-refractivity contribution in [1.82, 2.24) is 0 Å². The Morgan fingerprint density at radius 2 is 0.609 bits per heavy atom. The Balaban J connectivity index is 0.976. The highest BCUT2D eigenvalue weighted by molar-refractivity contribution is 6.01. The Kier molecular flexibility index (Phi) is 9.77. The molecular weight excluding hydrogens is 833 g/mol. The van der Waals surface area contributed by atoms with E-state index in [1.165, 1.54) is 89.3 Å². The van der Waals surface area contributed by atoms with Crippen molar-refractivity contribution in [2.24, 2.45) is 0 Å². The first-order valence-corrected chi connectivity index (χ1v) is 23.8. The molecule has 1 spiro atoms. The third-order valence-electron chi connectivity index (χ3n) is 14.3. The second-order valence-electron chi connectivity index (χ2n) is 18.0. The number of anilines is 6. The average molecular weight is 879 g/mol. The Morgan fingerprint density at radius 1 is 0.261 bits per heavy atom. The highest BCUT2D eigenvalue weighted by Gasteiger charge is 2.52. The van der Waals surface area contributed by atoms with Crippen molar-refractivity contribution in [1.29, 1.82) is 0 Å². The molecule has 2 aliphatic rings. The zero-order valence-corrected chi connectivity index (χ0v) is 38.0. The van der Waals surface area contributed by atoms with Gasteiger partial charge in [0.2, 0.25) is 0 Å². The van der Waals surface area contributed by atoms with Crippen molar-refractivity contribution in [2.45, 2.75) is 5.41 Å². The molecule has 0 fully saturated rings. The van der Waals surface area contributed by atoms with Gasteiger partial charge >= 0.3 is 0 Å². The topological polar surface area (TPSA) is 6.48 Å². The lowest BCUT2D eigenvalue weighted by Gasteiger charge is -2.45. The number of rotatable bonds is 8. The first-order chi connectivity index (χ1) is 34.2. The molecule has 1 heterocycles. The standard InChI is InChI=1S/C67H46N2/c1-4-17-47(18-5-1)49-31-35-51(36-32-49)53-39-43-56(44-40-53)68(57-45-41-54(42-46-57)52-37-33-50(34-38-52)48-19-6-2-7-20-48)65-30-16-27-62-66(65)58-23-10-11-24-59(58)67(62)60-25-12-14-28-63(60)69(55-21-8-3-9-22-55)64-29-15-13-26-61(64)67/h1-46H. The lowest BCUT2D eigenvalue weighted by molar-refractivity contribution is 0.752. The van der Waals surface area contributed by atoms with Crippen molar-refractivity contribution in [2.75, 3.05) is 9.80 Å². The predicted octanol–water partition coefficient (Wildman–Crippen LogP) is 18.0. The fourth-order valence-electron chi connectivity index (χ4n) is 11.2. The maximum atomic E-state index is 2.47. The van der Waals surface area contributed by atoms with Gasteiger partial charge in [0, 0.05) is 22.6 Å². The van der Waals surface area contributed by atoms with E-state index < -0.39 is 5.41 Å². The second-order valence-corrected chi connectivity index (χ2v) is 18.0. The molecule has 324 valence electrons. The average Bonchev–Trinajstić information content (AvgIpc) is 3.73. The molecule has 0 radical (unpaired) electrons. The van der Waals surface area contributed by atoms with Gasteiger partial charge in [0.1, 0.15) is 0 Å². The summed E-state index contributed by atoms with van der Waals surface area (Å²) in [5, 5.41) is 0. The van der Waals surface area contributed by atoms with Gasteiger partial charge in [-0.2, -0.15) is 0 Å². The van der Waals surface area contributed by atoms with Gasteiger partial charge in [0.15, 0.2) is 0 Å². The number of fused-ring (bicyclic) bond motifs is 9. The van der Waals surface area contributed by atoms with Crippen molar-refractivity contribution in [3.8, 4) is 55.6 Å². The molecule has 1 aliphatic heterocycles. The van der Waals surface area contributed by atoms with E-state index in [0.29, 0.717) is 0 Å². The molecule has 0 N–H and O–H groups in total. The van der Waals surface area contributed by atoms with Crippen LogP contribution < -0.4 is 9.80 Å². The van der Waals surface area contributed by atoms with Crippen molar-refractivity contribution < 1.29 is 0 Å². The quantitative estimate of drug-likeness (QED) is 0.150. The van der Waals surface area contributed by atoms with Crippen molar-refractivity contribution in [3.05, 3.63) is 301 Å². The van der Waals surface area contributed by atoms with Gasteiger partial charge in [-0.15, -0.1) is 0 Å². The van der Waals surface area contributed by atoms with Gasteiger partial charge in [-0.3, -0.25) is 0 Å². The van der Waals surface area contributed by atoms with Crippen LogP contribution in [0, 0.1) is 0 Å². The number of nitrogens with zero attached hydrogens (tertiary/aromatic N) is 2. The summed E-state index contributed by atoms with van der Waals surface area (Å²) < 4.78 is 0. The summed E-state index contributed by atoms with van der Waals surface area (Å²) in [7, 11) is 0. The predicted molar refractivity (Wildman–Crippen MR) is 288 cm³/mol. The summed E-state index contributed by atoms with van der Waals surface area (Å²) in [6, 6.07) is 102. The molecule has 0 bridgehead atoms. The Labute approximate surface area is 404 Å². The molecular formula is C67H46N2. The highest BCUT2D eigenvalue weighted by Crippen LogP contribution is 2.65. The van der Waals surface area contributed by atoms with E-state index in [2.05, 4.69) is 289 Å². The minimum absolute atomic E-state index is 0.572. The number of benzene rings is 11. The fraction of sp³-hybridized carbons (Fsp3) is 0.0149. The van der Waals surface area contributed by atoms with Gasteiger partial charge in [-0.1, -0.05) is 224 Å². The summed E-state index contributed by atoms with van der Waals surface area (Å²) in [5.41, 5.74) is 23.5. The Morgan fingerprint density at radius 3 is 1.07 bits per heavy atom. The van der Waals surface area contributed by atoms with Crippen LogP contribution in [-0.4, -0.2) is 0 Å². The van der Waals surface area contributed by atoms with Gasteiger partial charge in [0.25, 0.3) is 0 Å². The Bertz CT molecular complexity index is 3450. The molecule has 0 saturated heterocycles. The maximum Gasteiger partial charge on any atom is 0.0755 e. The van der Waals surface area contributed by atoms with E-state index >= 15 is 0 Å². The summed E-state index contributed by atoms with van der Waals surface area (Å²) in [4.78, 5) is 4.91. The van der Waals surface area contributed by atoms with Crippen LogP contribution >= 0.6 is 0 Å². The molecule has 1 aliphatic carbocycles. The number of hydrogen-bond donors (Lipinski definition) is 0. The third kappa shape index (κ3) is 6.64. The molecule has 0 atom stereocenters. The first-order valence-electron chi connectivity index (χ1n) is 23.8. The third-order valence-corrected chi connectivity index (χ3v) is 14.3. The SMILES string of the molecule is c1ccc(-c2ccc(-c3ccc(N(c4ccc(-c5ccc(-c6ccccc6)cc5)cc4)c4cccc5c4-c4ccccc4C54c5ccccc5N(c5ccccc5)c5ccccc54)cc3)cc2)cc1. The second kappa shape index (κ2) is 16.7. The molecule has 2 nitrogen and oxygen atoms in total. The Hall–Kier alpha value is -8.98. The fourth-order valence-corrected chi connectivity index (χ4v) is 11.2. The van der Waals surface area contributed by atoms with Crippen molar-refractivity contribution >= 4 is 34.1 Å². The molecule has 11 aromatic rings. The molecule has 13 rings (SSSR count). The first kappa shape index (κ1) is 40.3. The summed E-state index contributed by atoms with van der Waals surface area (Å²) in [6.07, 6.45) is 0. The lowest BCUT2D eigenvalue weighted by Crippen LogP contribution is -2.36. The normalized spacial score (nSPS) is 12.7.